The molecule has 158 valence electrons. The number of hydrogen-bond donors (Lipinski definition) is 1. The first-order chi connectivity index (χ1) is 14.3. The molecule has 2 aromatic rings. The first kappa shape index (κ1) is 21.4. The smallest absolute Gasteiger partial charge is 0.338 e. The quantitative estimate of drug-likeness (QED) is 0.728. The number of rotatable bonds is 6. The first-order valence-corrected chi connectivity index (χ1v) is 9.72. The van der Waals surface area contributed by atoms with Gasteiger partial charge in [-0.2, -0.15) is 0 Å². The molecule has 1 N–H and O–H groups in total. The zero-order valence-electron chi connectivity index (χ0n) is 17.5. The van der Waals surface area contributed by atoms with E-state index in [0.29, 0.717) is 11.4 Å². The highest BCUT2D eigenvalue weighted by atomic mass is 19.1. The number of nitrogens with zero attached hydrogens (tertiary/aromatic N) is 1. The van der Waals surface area contributed by atoms with E-state index in [4.69, 9.17) is 9.47 Å². The summed E-state index contributed by atoms with van der Waals surface area (Å²) in [6.07, 6.45) is 0. The van der Waals surface area contributed by atoms with Crippen LogP contribution in [0.3, 0.4) is 0 Å². The van der Waals surface area contributed by atoms with E-state index < -0.39 is 23.9 Å². The average Bonchev–Trinajstić information content (AvgIpc) is 2.71. The fourth-order valence-electron chi connectivity index (χ4n) is 3.28. The molecule has 0 aliphatic carbocycles. The molecule has 30 heavy (non-hydrogen) atoms. The van der Waals surface area contributed by atoms with Gasteiger partial charge in [-0.05, 0) is 50.1 Å². The van der Waals surface area contributed by atoms with Crippen molar-refractivity contribution in [2.45, 2.75) is 26.8 Å². The third-order valence-corrected chi connectivity index (χ3v) is 5.14. The Morgan fingerprint density at radius 2 is 1.90 bits per heavy atom. The van der Waals surface area contributed by atoms with Gasteiger partial charge in [-0.15, -0.1) is 0 Å². The molecule has 1 aliphatic heterocycles. The lowest BCUT2D eigenvalue weighted by molar-refractivity contribution is -0.139. The number of benzene rings is 2. The van der Waals surface area contributed by atoms with Crippen LogP contribution in [0.25, 0.3) is 0 Å². The Kier molecular flexibility index (Phi) is 6.40. The van der Waals surface area contributed by atoms with Crippen molar-refractivity contribution < 1.29 is 23.5 Å². The second-order valence-electron chi connectivity index (χ2n) is 7.08. The van der Waals surface area contributed by atoms with Crippen molar-refractivity contribution >= 4 is 12.0 Å². The van der Waals surface area contributed by atoms with Crippen molar-refractivity contribution in [1.82, 2.24) is 10.2 Å². The maximum atomic E-state index is 14.5. The normalized spacial score (nSPS) is 16.4. The number of nitrogens with one attached hydrogen (secondary N) is 1. The van der Waals surface area contributed by atoms with Crippen molar-refractivity contribution in [2.24, 2.45) is 0 Å². The van der Waals surface area contributed by atoms with Gasteiger partial charge in [-0.1, -0.05) is 24.3 Å². The molecule has 1 unspecified atom stereocenters. The van der Waals surface area contributed by atoms with Crippen LogP contribution in [0, 0.1) is 19.7 Å². The van der Waals surface area contributed by atoms with Crippen molar-refractivity contribution in [3.63, 3.8) is 0 Å². The van der Waals surface area contributed by atoms with E-state index in [9.17, 15) is 14.0 Å². The molecule has 0 bridgehead atoms. The predicted octanol–water partition coefficient (Wildman–Crippen LogP) is 4.03. The minimum atomic E-state index is -0.979. The van der Waals surface area contributed by atoms with Gasteiger partial charge < -0.3 is 14.8 Å². The lowest BCUT2D eigenvalue weighted by Crippen LogP contribution is -2.48. The van der Waals surface area contributed by atoms with E-state index in [1.54, 1.807) is 19.1 Å². The molecule has 0 radical (unpaired) electrons. The summed E-state index contributed by atoms with van der Waals surface area (Å²) >= 11 is 0. The van der Waals surface area contributed by atoms with Gasteiger partial charge in [0, 0.05) is 12.6 Å². The van der Waals surface area contributed by atoms with Gasteiger partial charge >= 0.3 is 12.0 Å². The Morgan fingerprint density at radius 1 is 1.17 bits per heavy atom. The summed E-state index contributed by atoms with van der Waals surface area (Å²) in [5.74, 6) is -0.546. The SMILES string of the molecule is CCOC(=O)C1=C(COc2ccc(C)c(C)c2)N(C)C(=O)NC1c1ccccc1F. The van der Waals surface area contributed by atoms with Crippen molar-refractivity contribution in [3.8, 4) is 5.75 Å². The second kappa shape index (κ2) is 8.98. The van der Waals surface area contributed by atoms with E-state index in [2.05, 4.69) is 5.32 Å². The van der Waals surface area contributed by atoms with E-state index >= 15 is 0 Å². The number of carbonyl (C=O) groups is 2. The molecular weight excluding hydrogens is 387 g/mol. The van der Waals surface area contributed by atoms with Crippen molar-refractivity contribution in [1.29, 1.82) is 0 Å². The summed E-state index contributed by atoms with van der Waals surface area (Å²) < 4.78 is 25.6. The summed E-state index contributed by atoms with van der Waals surface area (Å²) in [6, 6.07) is 10.2. The van der Waals surface area contributed by atoms with Crippen molar-refractivity contribution in [3.05, 3.63) is 76.2 Å². The van der Waals surface area contributed by atoms with Crippen LogP contribution in [0.5, 0.6) is 5.75 Å². The van der Waals surface area contributed by atoms with Crippen LogP contribution in [-0.2, 0) is 9.53 Å². The van der Waals surface area contributed by atoms with Gasteiger partial charge in [0.25, 0.3) is 0 Å². The topological polar surface area (TPSA) is 67.9 Å². The number of ether oxygens (including phenoxy) is 2. The second-order valence-corrected chi connectivity index (χ2v) is 7.08. The van der Waals surface area contributed by atoms with Crippen LogP contribution in [0.15, 0.2) is 53.7 Å². The summed E-state index contributed by atoms with van der Waals surface area (Å²) in [7, 11) is 1.53. The monoisotopic (exact) mass is 412 g/mol. The number of halogens is 1. The predicted molar refractivity (Wildman–Crippen MR) is 111 cm³/mol. The van der Waals surface area contributed by atoms with Crippen LogP contribution >= 0.6 is 0 Å². The number of aryl methyl sites for hydroxylation is 2. The fraction of sp³-hybridized carbons (Fsp3) is 0.304. The Hall–Kier alpha value is -3.35. The van der Waals surface area contributed by atoms with E-state index in [0.717, 1.165) is 11.1 Å². The molecule has 3 rings (SSSR count). The van der Waals surface area contributed by atoms with Gasteiger partial charge in [-0.25, -0.2) is 14.0 Å². The van der Waals surface area contributed by atoms with Gasteiger partial charge in [-0.3, -0.25) is 4.90 Å². The Morgan fingerprint density at radius 3 is 2.57 bits per heavy atom. The van der Waals surface area contributed by atoms with E-state index in [-0.39, 0.29) is 24.4 Å². The highest BCUT2D eigenvalue weighted by Crippen LogP contribution is 2.32. The number of esters is 1. The summed E-state index contributed by atoms with van der Waals surface area (Å²) in [4.78, 5) is 26.7. The minimum absolute atomic E-state index is 0.0501. The Labute approximate surface area is 175 Å². The molecule has 1 aliphatic rings. The minimum Gasteiger partial charge on any atom is -0.487 e. The third-order valence-electron chi connectivity index (χ3n) is 5.14. The average molecular weight is 412 g/mol. The van der Waals surface area contributed by atoms with Crippen LogP contribution in [0.4, 0.5) is 9.18 Å². The number of likely N-dealkylation sites (N-methyl/N-ethyl adjacent to an activating group) is 1. The number of amides is 2. The largest absolute Gasteiger partial charge is 0.487 e. The van der Waals surface area contributed by atoms with Gasteiger partial charge in [0.2, 0.25) is 0 Å². The Balaban J connectivity index is 2.04. The molecule has 0 spiro atoms. The highest BCUT2D eigenvalue weighted by Gasteiger charge is 2.38. The molecule has 0 saturated heterocycles. The number of urea groups is 1. The molecule has 7 heteroatoms. The van der Waals surface area contributed by atoms with Crippen LogP contribution < -0.4 is 10.1 Å². The zero-order valence-corrected chi connectivity index (χ0v) is 17.5. The summed E-state index contributed by atoms with van der Waals surface area (Å²) in [5, 5.41) is 2.69. The van der Waals surface area contributed by atoms with Crippen LogP contribution in [0.1, 0.15) is 29.7 Å². The van der Waals surface area contributed by atoms with Gasteiger partial charge in [0.15, 0.2) is 0 Å². The standard InChI is InChI=1S/C23H25FN2O4/c1-5-29-22(27)20-19(13-30-16-11-10-14(2)15(3)12-16)26(4)23(28)25-21(20)17-8-6-7-9-18(17)24/h6-12,21H,5,13H2,1-4H3,(H,25,28). The highest BCUT2D eigenvalue weighted by molar-refractivity contribution is 5.95. The van der Waals surface area contributed by atoms with Crippen LogP contribution in [-0.4, -0.2) is 37.2 Å². The summed E-state index contributed by atoms with van der Waals surface area (Å²) in [6.45, 7) is 5.76. The molecule has 1 atom stereocenters. The molecule has 6 nitrogen and oxygen atoms in total. The number of hydrogen-bond acceptors (Lipinski definition) is 4. The third kappa shape index (κ3) is 4.30. The maximum Gasteiger partial charge on any atom is 0.338 e. The maximum absolute atomic E-state index is 14.5. The van der Waals surface area contributed by atoms with Crippen LogP contribution in [0.2, 0.25) is 0 Å². The summed E-state index contributed by atoms with van der Waals surface area (Å²) in [5.41, 5.74) is 2.84. The van der Waals surface area contributed by atoms with E-state index in [1.807, 2.05) is 32.0 Å². The van der Waals surface area contributed by atoms with E-state index in [1.165, 1.54) is 24.1 Å². The van der Waals surface area contributed by atoms with Gasteiger partial charge in [0.1, 0.15) is 18.2 Å². The number of carbonyl (C=O) groups excluding carboxylic acids is 2. The van der Waals surface area contributed by atoms with Crippen molar-refractivity contribution in [2.75, 3.05) is 20.3 Å². The Bertz CT molecular complexity index is 1000. The lowest BCUT2D eigenvalue weighted by Gasteiger charge is -2.34. The molecule has 0 fully saturated rings. The lowest BCUT2D eigenvalue weighted by atomic mass is 9.94. The molecule has 2 aromatic carbocycles. The van der Waals surface area contributed by atoms with Gasteiger partial charge in [0.05, 0.1) is 23.9 Å². The molecule has 2 amide bonds. The molecule has 1 heterocycles. The first-order valence-electron chi connectivity index (χ1n) is 9.72. The zero-order chi connectivity index (χ0) is 21.8. The molecular formula is C23H25FN2O4. The fourth-order valence-corrected chi connectivity index (χ4v) is 3.28. The molecule has 0 aromatic heterocycles. The molecule has 0 saturated carbocycles.